The third kappa shape index (κ3) is 8.37. The Morgan fingerprint density at radius 2 is 1.47 bits per heavy atom. The van der Waals surface area contributed by atoms with Crippen molar-refractivity contribution in [1.29, 1.82) is 0 Å². The molecule has 2 aromatic rings. The molecule has 2 N–H and O–H groups in total. The van der Waals surface area contributed by atoms with Crippen molar-refractivity contribution in [3.8, 4) is 11.1 Å². The van der Waals surface area contributed by atoms with E-state index in [1.165, 1.54) is 0 Å². The average Bonchev–Trinajstić information content (AvgIpc) is 2.72. The van der Waals surface area contributed by atoms with Gasteiger partial charge in [0.1, 0.15) is 0 Å². The molecule has 5 heteroatoms. The molecule has 0 atom stereocenters. The number of amides is 2. The van der Waals surface area contributed by atoms with Crippen molar-refractivity contribution in [2.45, 2.75) is 39.5 Å². The highest BCUT2D eigenvalue weighted by Gasteiger charge is 2.07. The van der Waals surface area contributed by atoms with Crippen molar-refractivity contribution in [3.05, 3.63) is 54.1 Å². The lowest BCUT2D eigenvalue weighted by molar-refractivity contribution is -0.116. The molecule has 0 aliphatic carbocycles. The van der Waals surface area contributed by atoms with Crippen LogP contribution in [0.3, 0.4) is 0 Å². The third-order valence-electron chi connectivity index (χ3n) is 4.83. The minimum atomic E-state index is -0.0463. The maximum atomic E-state index is 12.1. The van der Waals surface area contributed by atoms with Crippen molar-refractivity contribution in [3.63, 3.8) is 0 Å². The number of unbranched alkanes of at least 4 members (excludes halogenated alkanes) is 2. The molecular formula is C25H35N3O2. The number of hydrogen-bond acceptors (Lipinski definition) is 3. The van der Waals surface area contributed by atoms with Gasteiger partial charge in [0.15, 0.2) is 0 Å². The van der Waals surface area contributed by atoms with E-state index < -0.39 is 0 Å². The molecule has 0 heterocycles. The summed E-state index contributed by atoms with van der Waals surface area (Å²) in [5.74, 6) is 0.440. The minimum Gasteiger partial charge on any atom is -0.352 e. The monoisotopic (exact) mass is 409 g/mol. The van der Waals surface area contributed by atoms with E-state index in [0.29, 0.717) is 24.4 Å². The van der Waals surface area contributed by atoms with E-state index in [4.69, 9.17) is 0 Å². The molecule has 162 valence electrons. The maximum absolute atomic E-state index is 12.1. The molecule has 5 nitrogen and oxygen atoms in total. The average molecular weight is 410 g/mol. The number of rotatable bonds is 11. The van der Waals surface area contributed by atoms with Crippen LogP contribution in [0.2, 0.25) is 0 Å². The molecule has 0 spiro atoms. The summed E-state index contributed by atoms with van der Waals surface area (Å²) in [6.45, 7) is 5.88. The fraction of sp³-hybridized carbons (Fsp3) is 0.440. The van der Waals surface area contributed by atoms with Crippen molar-refractivity contribution in [1.82, 2.24) is 10.2 Å². The molecule has 30 heavy (non-hydrogen) atoms. The SMILES string of the molecule is CC(C)CNC(=O)c1ccc(-c2ccc(NC(=O)CCCCCN(C)C)cc2)cc1. The van der Waals surface area contributed by atoms with E-state index in [9.17, 15) is 9.59 Å². The smallest absolute Gasteiger partial charge is 0.251 e. The lowest BCUT2D eigenvalue weighted by Crippen LogP contribution is -2.27. The van der Waals surface area contributed by atoms with Gasteiger partial charge in [-0.1, -0.05) is 44.5 Å². The fourth-order valence-electron chi connectivity index (χ4n) is 3.07. The van der Waals surface area contributed by atoms with Gasteiger partial charge in [0.2, 0.25) is 5.91 Å². The van der Waals surface area contributed by atoms with Gasteiger partial charge >= 0.3 is 0 Å². The molecule has 2 amide bonds. The first kappa shape index (κ1) is 23.6. The van der Waals surface area contributed by atoms with Crippen LogP contribution in [-0.4, -0.2) is 43.9 Å². The van der Waals surface area contributed by atoms with Crippen LogP contribution in [0.5, 0.6) is 0 Å². The molecule has 0 aromatic heterocycles. The Balaban J connectivity index is 1.83. The standard InChI is InChI=1S/C25H35N3O2/c1-19(2)18-26-25(30)22-11-9-20(10-12-22)21-13-15-23(16-14-21)27-24(29)8-6-5-7-17-28(3)4/h9-16,19H,5-8,17-18H2,1-4H3,(H,26,30)(H,27,29). The number of nitrogens with one attached hydrogen (secondary N) is 2. The van der Waals surface area contributed by atoms with Gasteiger partial charge in [0.05, 0.1) is 0 Å². The number of carbonyl (C=O) groups excluding carboxylic acids is 2. The summed E-state index contributed by atoms with van der Waals surface area (Å²) in [6, 6.07) is 15.4. The number of benzene rings is 2. The zero-order valence-electron chi connectivity index (χ0n) is 18.7. The van der Waals surface area contributed by atoms with Gasteiger partial charge < -0.3 is 15.5 Å². The lowest BCUT2D eigenvalue weighted by atomic mass is 10.0. The van der Waals surface area contributed by atoms with Gasteiger partial charge in [0, 0.05) is 24.2 Å². The second-order valence-corrected chi connectivity index (χ2v) is 8.42. The van der Waals surface area contributed by atoms with Crippen LogP contribution in [0.15, 0.2) is 48.5 Å². The Morgan fingerprint density at radius 3 is 2.03 bits per heavy atom. The first-order valence-corrected chi connectivity index (χ1v) is 10.8. The summed E-state index contributed by atoms with van der Waals surface area (Å²) in [7, 11) is 4.13. The van der Waals surface area contributed by atoms with E-state index in [-0.39, 0.29) is 11.8 Å². The van der Waals surface area contributed by atoms with Crippen LogP contribution in [0.4, 0.5) is 5.69 Å². The summed E-state index contributed by atoms with van der Waals surface area (Å²) in [4.78, 5) is 26.4. The predicted molar refractivity (Wildman–Crippen MR) is 125 cm³/mol. The Labute approximate surface area is 180 Å². The second kappa shape index (κ2) is 12.1. The van der Waals surface area contributed by atoms with Crippen LogP contribution in [0.25, 0.3) is 11.1 Å². The predicted octanol–water partition coefficient (Wildman–Crippen LogP) is 4.80. The summed E-state index contributed by atoms with van der Waals surface area (Å²) in [5.41, 5.74) is 3.55. The number of nitrogens with zero attached hydrogens (tertiary/aromatic N) is 1. The van der Waals surface area contributed by atoms with E-state index >= 15 is 0 Å². The van der Waals surface area contributed by atoms with E-state index in [0.717, 1.165) is 42.6 Å². The minimum absolute atomic E-state index is 0.0463. The Kier molecular flexibility index (Phi) is 9.55. The lowest BCUT2D eigenvalue weighted by Gasteiger charge is -2.10. The van der Waals surface area contributed by atoms with Gasteiger partial charge in [-0.25, -0.2) is 0 Å². The molecule has 0 unspecified atom stereocenters. The Hall–Kier alpha value is -2.66. The van der Waals surface area contributed by atoms with Crippen LogP contribution in [0, 0.1) is 5.92 Å². The van der Waals surface area contributed by atoms with E-state index in [1.807, 2.05) is 48.5 Å². The second-order valence-electron chi connectivity index (χ2n) is 8.42. The van der Waals surface area contributed by atoms with Gasteiger partial charge in [-0.2, -0.15) is 0 Å². The molecule has 0 radical (unpaired) electrons. The summed E-state index contributed by atoms with van der Waals surface area (Å²) in [6.07, 6.45) is 3.65. The van der Waals surface area contributed by atoms with Gasteiger partial charge in [-0.05, 0) is 74.8 Å². The highest BCUT2D eigenvalue weighted by molar-refractivity contribution is 5.94. The molecule has 0 bridgehead atoms. The molecule has 2 rings (SSSR count). The van der Waals surface area contributed by atoms with E-state index in [2.05, 4.69) is 43.5 Å². The molecule has 0 fully saturated rings. The molecule has 0 saturated carbocycles. The van der Waals surface area contributed by atoms with Gasteiger partial charge in [0.25, 0.3) is 5.91 Å². The number of hydrogen-bond donors (Lipinski definition) is 2. The highest BCUT2D eigenvalue weighted by atomic mass is 16.2. The van der Waals surface area contributed by atoms with Crippen molar-refractivity contribution in [2.24, 2.45) is 5.92 Å². The largest absolute Gasteiger partial charge is 0.352 e. The van der Waals surface area contributed by atoms with Crippen LogP contribution in [0.1, 0.15) is 49.9 Å². The summed E-state index contributed by atoms with van der Waals surface area (Å²) < 4.78 is 0. The van der Waals surface area contributed by atoms with E-state index in [1.54, 1.807) is 0 Å². The highest BCUT2D eigenvalue weighted by Crippen LogP contribution is 2.22. The quantitative estimate of drug-likeness (QED) is 0.524. The maximum Gasteiger partial charge on any atom is 0.251 e. The topological polar surface area (TPSA) is 61.4 Å². The van der Waals surface area contributed by atoms with Gasteiger partial charge in [-0.15, -0.1) is 0 Å². The Bertz CT molecular complexity index is 796. The zero-order chi connectivity index (χ0) is 21.9. The summed E-state index contributed by atoms with van der Waals surface area (Å²) in [5, 5.41) is 5.89. The van der Waals surface area contributed by atoms with Crippen molar-refractivity contribution >= 4 is 17.5 Å². The molecule has 0 aliphatic heterocycles. The zero-order valence-corrected chi connectivity index (χ0v) is 18.7. The molecule has 2 aromatic carbocycles. The van der Waals surface area contributed by atoms with Crippen molar-refractivity contribution in [2.75, 3.05) is 32.5 Å². The number of anilines is 1. The fourth-order valence-corrected chi connectivity index (χ4v) is 3.07. The first-order valence-electron chi connectivity index (χ1n) is 10.8. The Morgan fingerprint density at radius 1 is 0.867 bits per heavy atom. The van der Waals surface area contributed by atoms with Crippen LogP contribution >= 0.6 is 0 Å². The van der Waals surface area contributed by atoms with Gasteiger partial charge in [-0.3, -0.25) is 9.59 Å². The first-order chi connectivity index (χ1) is 14.3. The third-order valence-corrected chi connectivity index (χ3v) is 4.83. The molecule has 0 aliphatic rings. The number of carbonyl (C=O) groups is 2. The molecule has 0 saturated heterocycles. The molecular weight excluding hydrogens is 374 g/mol. The summed E-state index contributed by atoms with van der Waals surface area (Å²) >= 11 is 0. The normalized spacial score (nSPS) is 11.0. The van der Waals surface area contributed by atoms with Crippen LogP contribution in [-0.2, 0) is 4.79 Å². The van der Waals surface area contributed by atoms with Crippen molar-refractivity contribution < 1.29 is 9.59 Å². The van der Waals surface area contributed by atoms with Crippen LogP contribution < -0.4 is 10.6 Å².